The van der Waals surface area contributed by atoms with E-state index in [9.17, 15) is 9.18 Å². The van der Waals surface area contributed by atoms with Crippen LogP contribution in [0, 0.1) is 5.82 Å². The first-order valence-corrected chi connectivity index (χ1v) is 7.45. The Morgan fingerprint density at radius 2 is 1.80 bits per heavy atom. The van der Waals surface area contributed by atoms with Crippen LogP contribution in [0.3, 0.4) is 0 Å². The van der Waals surface area contributed by atoms with E-state index in [4.69, 9.17) is 0 Å². The number of rotatable bonds is 2. The van der Waals surface area contributed by atoms with Gasteiger partial charge < -0.3 is 10.6 Å². The second-order valence-corrected chi connectivity index (χ2v) is 6.25. The number of amides is 1. The van der Waals surface area contributed by atoms with Crippen molar-refractivity contribution in [1.82, 2.24) is 0 Å². The summed E-state index contributed by atoms with van der Waals surface area (Å²) in [6.07, 6.45) is 0. The van der Waals surface area contributed by atoms with E-state index in [2.05, 4.69) is 42.5 Å². The highest BCUT2D eigenvalue weighted by atomic mass is 79.9. The van der Waals surface area contributed by atoms with Crippen LogP contribution in [0.1, 0.15) is 11.6 Å². The summed E-state index contributed by atoms with van der Waals surface area (Å²) < 4.78 is 15.4. The molecule has 1 aliphatic rings. The molecule has 20 heavy (non-hydrogen) atoms. The normalized spacial score (nSPS) is 16.8. The van der Waals surface area contributed by atoms with Gasteiger partial charge in [0.05, 0.1) is 5.69 Å². The van der Waals surface area contributed by atoms with Gasteiger partial charge in [-0.05, 0) is 30.3 Å². The second kappa shape index (κ2) is 5.18. The lowest BCUT2D eigenvalue weighted by Gasteiger charge is -2.14. The van der Waals surface area contributed by atoms with Gasteiger partial charge in [-0.3, -0.25) is 4.79 Å². The Bertz CT molecular complexity index is 706. The van der Waals surface area contributed by atoms with E-state index >= 15 is 0 Å². The third-order valence-electron chi connectivity index (χ3n) is 3.07. The number of hydrogen-bond acceptors (Lipinski definition) is 2. The summed E-state index contributed by atoms with van der Waals surface area (Å²) in [6.45, 7) is 0. The third-order valence-corrected chi connectivity index (χ3v) is 4.06. The Hall–Kier alpha value is -1.40. The van der Waals surface area contributed by atoms with Crippen LogP contribution in [0.5, 0.6) is 0 Å². The molecule has 3 nitrogen and oxygen atoms in total. The molecular weight excluding hydrogens is 391 g/mol. The van der Waals surface area contributed by atoms with Gasteiger partial charge in [0.15, 0.2) is 0 Å². The first-order valence-electron chi connectivity index (χ1n) is 5.86. The Kier molecular flexibility index (Phi) is 3.52. The van der Waals surface area contributed by atoms with Gasteiger partial charge in [-0.15, -0.1) is 0 Å². The minimum Gasteiger partial charge on any atom is -0.368 e. The first kappa shape index (κ1) is 13.6. The van der Waals surface area contributed by atoms with Crippen molar-refractivity contribution in [2.24, 2.45) is 0 Å². The lowest BCUT2D eigenvalue weighted by Crippen LogP contribution is -2.20. The molecular formula is C14H9Br2FN2O. The highest BCUT2D eigenvalue weighted by molar-refractivity contribution is 9.10. The minimum atomic E-state index is -0.595. The summed E-state index contributed by atoms with van der Waals surface area (Å²) in [5.74, 6) is -0.593. The third kappa shape index (κ3) is 2.45. The number of anilines is 2. The summed E-state index contributed by atoms with van der Waals surface area (Å²) in [7, 11) is 0. The largest absolute Gasteiger partial charge is 0.368 e. The molecule has 1 heterocycles. The van der Waals surface area contributed by atoms with Crippen molar-refractivity contribution in [2.75, 3.05) is 10.6 Å². The van der Waals surface area contributed by atoms with Crippen LogP contribution in [0.25, 0.3) is 0 Å². The van der Waals surface area contributed by atoms with Crippen molar-refractivity contribution >= 4 is 49.1 Å². The Labute approximate surface area is 131 Å². The van der Waals surface area contributed by atoms with Crippen LogP contribution in [-0.4, -0.2) is 5.91 Å². The van der Waals surface area contributed by atoms with Gasteiger partial charge in [0.25, 0.3) is 5.91 Å². The Morgan fingerprint density at radius 1 is 1.10 bits per heavy atom. The van der Waals surface area contributed by atoms with Crippen LogP contribution >= 0.6 is 31.9 Å². The molecule has 0 bridgehead atoms. The summed E-state index contributed by atoms with van der Waals surface area (Å²) >= 11 is 6.64. The van der Waals surface area contributed by atoms with Crippen molar-refractivity contribution in [3.05, 3.63) is 56.7 Å². The molecule has 0 spiro atoms. The number of fused-ring (bicyclic) bond motifs is 1. The molecule has 3 rings (SSSR count). The second-order valence-electron chi connectivity index (χ2n) is 4.42. The molecule has 0 aliphatic carbocycles. The molecule has 0 aromatic heterocycles. The maximum Gasteiger partial charge on any atom is 0.251 e. The molecule has 102 valence electrons. The van der Waals surface area contributed by atoms with Crippen molar-refractivity contribution < 1.29 is 9.18 Å². The van der Waals surface area contributed by atoms with Crippen LogP contribution in [0.15, 0.2) is 45.3 Å². The van der Waals surface area contributed by atoms with Crippen LogP contribution in [-0.2, 0) is 4.79 Å². The van der Waals surface area contributed by atoms with E-state index < -0.39 is 11.9 Å². The zero-order valence-electron chi connectivity index (χ0n) is 10.1. The first-order chi connectivity index (χ1) is 9.54. The van der Waals surface area contributed by atoms with Gasteiger partial charge in [-0.2, -0.15) is 0 Å². The molecule has 1 aliphatic heterocycles. The molecule has 1 amide bonds. The predicted octanol–water partition coefficient (Wildman–Crippen LogP) is 4.46. The topological polar surface area (TPSA) is 41.1 Å². The van der Waals surface area contributed by atoms with Crippen molar-refractivity contribution in [3.63, 3.8) is 0 Å². The van der Waals surface area contributed by atoms with Crippen molar-refractivity contribution in [2.45, 2.75) is 6.04 Å². The summed E-state index contributed by atoms with van der Waals surface area (Å²) in [5, 5.41) is 5.72. The molecule has 0 radical (unpaired) electrons. The lowest BCUT2D eigenvalue weighted by atomic mass is 10.1. The molecule has 0 saturated carbocycles. The SMILES string of the molecule is O=C1Nc2cc(Br)ccc2C1Nc1cc(Br)ccc1F. The molecule has 0 fully saturated rings. The van der Waals surface area contributed by atoms with Gasteiger partial charge in [-0.25, -0.2) is 4.39 Å². The molecule has 0 saturated heterocycles. The molecule has 2 aromatic rings. The number of carbonyl (C=O) groups is 1. The van der Waals surface area contributed by atoms with E-state index in [-0.39, 0.29) is 11.6 Å². The average molecular weight is 400 g/mol. The standard InChI is InChI=1S/C14H9Br2FN2O/c15-7-1-3-9-11(5-7)19-14(20)13(9)18-12-6-8(16)2-4-10(12)17/h1-6,13,18H,(H,19,20). The monoisotopic (exact) mass is 398 g/mol. The fourth-order valence-electron chi connectivity index (χ4n) is 2.14. The summed E-state index contributed by atoms with van der Waals surface area (Å²) in [6, 6.07) is 9.49. The zero-order chi connectivity index (χ0) is 14.3. The molecule has 1 unspecified atom stereocenters. The highest BCUT2D eigenvalue weighted by Gasteiger charge is 2.31. The maximum absolute atomic E-state index is 13.8. The maximum atomic E-state index is 13.8. The van der Waals surface area contributed by atoms with Gasteiger partial charge in [0, 0.05) is 20.2 Å². The van der Waals surface area contributed by atoms with Gasteiger partial charge in [0.1, 0.15) is 11.9 Å². The number of nitrogens with one attached hydrogen (secondary N) is 2. The van der Waals surface area contributed by atoms with Crippen LogP contribution < -0.4 is 10.6 Å². The number of halogens is 3. The smallest absolute Gasteiger partial charge is 0.251 e. The van der Waals surface area contributed by atoms with E-state index in [0.717, 1.165) is 20.2 Å². The fourth-order valence-corrected chi connectivity index (χ4v) is 2.86. The van der Waals surface area contributed by atoms with E-state index in [1.54, 1.807) is 12.1 Å². The van der Waals surface area contributed by atoms with E-state index in [1.165, 1.54) is 6.07 Å². The van der Waals surface area contributed by atoms with Crippen molar-refractivity contribution in [3.8, 4) is 0 Å². The predicted molar refractivity (Wildman–Crippen MR) is 83.2 cm³/mol. The minimum absolute atomic E-state index is 0.197. The molecule has 2 N–H and O–H groups in total. The van der Waals surface area contributed by atoms with Gasteiger partial charge >= 0.3 is 0 Å². The molecule has 6 heteroatoms. The van der Waals surface area contributed by atoms with Crippen LogP contribution in [0.2, 0.25) is 0 Å². The summed E-state index contributed by atoms with van der Waals surface area (Å²) in [5.41, 5.74) is 1.82. The molecule has 2 aromatic carbocycles. The fraction of sp³-hybridized carbons (Fsp3) is 0.0714. The zero-order valence-corrected chi connectivity index (χ0v) is 13.3. The molecule has 1 atom stereocenters. The van der Waals surface area contributed by atoms with Gasteiger partial charge in [0.2, 0.25) is 0 Å². The average Bonchev–Trinajstić information content (AvgIpc) is 2.69. The quantitative estimate of drug-likeness (QED) is 0.782. The van der Waals surface area contributed by atoms with E-state index in [0.29, 0.717) is 0 Å². The van der Waals surface area contributed by atoms with Gasteiger partial charge in [-0.1, -0.05) is 37.9 Å². The number of benzene rings is 2. The lowest BCUT2D eigenvalue weighted by molar-refractivity contribution is -0.116. The number of carbonyl (C=O) groups excluding carboxylic acids is 1. The Morgan fingerprint density at radius 3 is 2.60 bits per heavy atom. The number of hydrogen-bond donors (Lipinski definition) is 2. The Balaban J connectivity index is 1.96. The van der Waals surface area contributed by atoms with Crippen LogP contribution in [0.4, 0.5) is 15.8 Å². The van der Waals surface area contributed by atoms with E-state index in [1.807, 2.05) is 18.2 Å². The van der Waals surface area contributed by atoms with Crippen molar-refractivity contribution in [1.29, 1.82) is 0 Å². The highest BCUT2D eigenvalue weighted by Crippen LogP contribution is 2.35. The summed E-state index contributed by atoms with van der Waals surface area (Å²) in [4.78, 5) is 12.0.